The van der Waals surface area contributed by atoms with Gasteiger partial charge in [0.1, 0.15) is 0 Å². The first kappa shape index (κ1) is 12.0. The molecule has 0 radical (unpaired) electrons. The molecular weight excluding hydrogens is 204 g/mol. The minimum Gasteiger partial charge on any atom is -0.481 e. The van der Waals surface area contributed by atoms with Crippen LogP contribution in [-0.4, -0.2) is 17.4 Å². The van der Waals surface area contributed by atoms with Crippen molar-refractivity contribution in [2.24, 2.45) is 0 Å². The number of rotatable bonds is 2. The van der Waals surface area contributed by atoms with Gasteiger partial charge in [0.05, 0.1) is 5.41 Å². The summed E-state index contributed by atoms with van der Waals surface area (Å²) in [6, 6.07) is 6.83. The smallest absolute Gasteiger partial charge is 0.313 e. The summed E-state index contributed by atoms with van der Waals surface area (Å²) < 4.78 is 0. The average Bonchev–Trinajstić information content (AvgIpc) is 2.26. The molecule has 1 aromatic carbocycles. The van der Waals surface area contributed by atoms with Crippen LogP contribution in [-0.2, 0) is 15.0 Å². The van der Waals surface area contributed by atoms with E-state index in [1.165, 1.54) is 0 Å². The van der Waals surface area contributed by atoms with Gasteiger partial charge in [-0.1, -0.05) is 18.1 Å². The van der Waals surface area contributed by atoms with Gasteiger partial charge in [-0.15, -0.1) is 0 Å². The van der Waals surface area contributed by atoms with Gasteiger partial charge in [0, 0.05) is 5.56 Å². The Labute approximate surface area is 94.1 Å². The summed E-state index contributed by atoms with van der Waals surface area (Å²) in [6.45, 7) is 3.28. The van der Waals surface area contributed by atoms with Crippen LogP contribution in [0.15, 0.2) is 24.3 Å². The van der Waals surface area contributed by atoms with Gasteiger partial charge in [-0.3, -0.25) is 9.59 Å². The monoisotopic (exact) mass is 216 g/mol. The first-order valence-electron chi connectivity index (χ1n) is 4.77. The molecule has 0 fully saturated rings. The van der Waals surface area contributed by atoms with Crippen molar-refractivity contribution < 1.29 is 14.7 Å². The summed E-state index contributed by atoms with van der Waals surface area (Å²) in [4.78, 5) is 21.0. The van der Waals surface area contributed by atoms with Crippen molar-refractivity contribution in [3.8, 4) is 11.8 Å². The largest absolute Gasteiger partial charge is 0.481 e. The van der Waals surface area contributed by atoms with Crippen molar-refractivity contribution >= 4 is 12.3 Å². The van der Waals surface area contributed by atoms with E-state index in [4.69, 9.17) is 5.11 Å². The SMILES string of the molecule is CC(C)(C(=O)O)c1ccc(C#CC=O)cc1. The zero-order chi connectivity index (χ0) is 12.2. The van der Waals surface area contributed by atoms with Gasteiger partial charge < -0.3 is 5.11 Å². The lowest BCUT2D eigenvalue weighted by Crippen LogP contribution is -2.28. The summed E-state index contributed by atoms with van der Waals surface area (Å²) in [5.74, 6) is 4.06. The Kier molecular flexibility index (Phi) is 3.47. The van der Waals surface area contributed by atoms with Crippen LogP contribution in [0.4, 0.5) is 0 Å². The predicted octanol–water partition coefficient (Wildman–Crippen LogP) is 1.60. The predicted molar refractivity (Wildman–Crippen MR) is 60.0 cm³/mol. The number of benzene rings is 1. The molecule has 0 amide bonds. The fourth-order valence-corrected chi connectivity index (χ4v) is 1.21. The molecule has 0 aliphatic rings. The molecule has 1 N–H and O–H groups in total. The Bertz CT molecular complexity index is 458. The normalized spacial score (nSPS) is 10.1. The van der Waals surface area contributed by atoms with E-state index in [1.54, 1.807) is 38.1 Å². The second-order valence-electron chi connectivity index (χ2n) is 3.89. The van der Waals surface area contributed by atoms with Crippen LogP contribution in [0.2, 0.25) is 0 Å². The van der Waals surface area contributed by atoms with Crippen molar-refractivity contribution in [3.05, 3.63) is 35.4 Å². The first-order chi connectivity index (χ1) is 7.48. The number of hydrogen-bond acceptors (Lipinski definition) is 2. The summed E-state index contributed by atoms with van der Waals surface area (Å²) in [5.41, 5.74) is 0.477. The standard InChI is InChI=1S/C13H12O3/c1-13(2,12(15)16)11-7-5-10(6-8-11)4-3-9-14/h5-9H,1-2H3,(H,15,16). The van der Waals surface area contributed by atoms with E-state index in [1.807, 2.05) is 0 Å². The molecule has 0 heterocycles. The zero-order valence-electron chi connectivity index (χ0n) is 9.15. The van der Waals surface area contributed by atoms with Gasteiger partial charge >= 0.3 is 5.97 Å². The van der Waals surface area contributed by atoms with Gasteiger partial charge in [0.25, 0.3) is 0 Å². The molecule has 3 heteroatoms. The highest BCUT2D eigenvalue weighted by molar-refractivity contribution is 5.80. The number of hydrogen-bond donors (Lipinski definition) is 1. The molecule has 0 bridgehead atoms. The Morgan fingerprint density at radius 3 is 2.31 bits per heavy atom. The topological polar surface area (TPSA) is 54.4 Å². The van der Waals surface area contributed by atoms with Crippen LogP contribution in [0.5, 0.6) is 0 Å². The Balaban J connectivity index is 3.04. The molecule has 0 atom stereocenters. The summed E-state index contributed by atoms with van der Waals surface area (Å²) >= 11 is 0. The number of aldehydes is 1. The van der Waals surface area contributed by atoms with Crippen LogP contribution in [0.3, 0.4) is 0 Å². The fourth-order valence-electron chi connectivity index (χ4n) is 1.21. The molecule has 16 heavy (non-hydrogen) atoms. The van der Waals surface area contributed by atoms with Crippen LogP contribution in [0.1, 0.15) is 25.0 Å². The number of aliphatic carboxylic acids is 1. The Hall–Kier alpha value is -2.08. The van der Waals surface area contributed by atoms with Gasteiger partial charge in [0.15, 0.2) is 6.29 Å². The molecule has 0 unspecified atom stereocenters. The maximum Gasteiger partial charge on any atom is 0.313 e. The molecule has 0 aliphatic carbocycles. The molecule has 82 valence electrons. The number of carbonyl (C=O) groups is 2. The lowest BCUT2D eigenvalue weighted by molar-refractivity contribution is -0.142. The Morgan fingerprint density at radius 1 is 1.31 bits per heavy atom. The van der Waals surface area contributed by atoms with Crippen molar-refractivity contribution in [3.63, 3.8) is 0 Å². The van der Waals surface area contributed by atoms with Crippen LogP contribution in [0.25, 0.3) is 0 Å². The summed E-state index contributed by atoms with van der Waals surface area (Å²) in [7, 11) is 0. The second kappa shape index (κ2) is 4.63. The van der Waals surface area contributed by atoms with Crippen molar-refractivity contribution in [2.75, 3.05) is 0 Å². The van der Waals surface area contributed by atoms with Crippen LogP contribution < -0.4 is 0 Å². The van der Waals surface area contributed by atoms with Gasteiger partial charge in [-0.05, 0) is 37.5 Å². The lowest BCUT2D eigenvalue weighted by Gasteiger charge is -2.19. The molecule has 0 aliphatic heterocycles. The number of carbonyl (C=O) groups excluding carboxylic acids is 1. The van der Waals surface area contributed by atoms with E-state index in [-0.39, 0.29) is 0 Å². The van der Waals surface area contributed by atoms with Crippen molar-refractivity contribution in [1.82, 2.24) is 0 Å². The highest BCUT2D eigenvalue weighted by atomic mass is 16.4. The quantitative estimate of drug-likeness (QED) is 0.603. The third kappa shape index (κ3) is 2.48. The molecule has 3 nitrogen and oxygen atoms in total. The molecule has 0 saturated heterocycles. The van der Waals surface area contributed by atoms with Crippen LogP contribution >= 0.6 is 0 Å². The van der Waals surface area contributed by atoms with Gasteiger partial charge in [-0.25, -0.2) is 0 Å². The minimum absolute atomic E-state index is 0.523. The first-order valence-corrected chi connectivity index (χ1v) is 4.77. The average molecular weight is 216 g/mol. The van der Waals surface area contributed by atoms with E-state index >= 15 is 0 Å². The van der Waals surface area contributed by atoms with Crippen molar-refractivity contribution in [2.45, 2.75) is 19.3 Å². The van der Waals surface area contributed by atoms with Crippen molar-refractivity contribution in [1.29, 1.82) is 0 Å². The highest BCUT2D eigenvalue weighted by Gasteiger charge is 2.28. The molecule has 1 aromatic rings. The highest BCUT2D eigenvalue weighted by Crippen LogP contribution is 2.23. The Morgan fingerprint density at radius 2 is 1.88 bits per heavy atom. The van der Waals surface area contributed by atoms with E-state index in [9.17, 15) is 9.59 Å². The number of carboxylic acids is 1. The van der Waals surface area contributed by atoms with Gasteiger partial charge in [-0.2, -0.15) is 0 Å². The third-order valence-electron chi connectivity index (χ3n) is 2.42. The minimum atomic E-state index is -0.920. The molecule has 0 saturated carbocycles. The van der Waals surface area contributed by atoms with E-state index in [2.05, 4.69) is 11.8 Å². The lowest BCUT2D eigenvalue weighted by atomic mass is 9.84. The van der Waals surface area contributed by atoms with E-state index in [0.29, 0.717) is 17.4 Å². The van der Waals surface area contributed by atoms with Gasteiger partial charge in [0.2, 0.25) is 0 Å². The molecular formula is C13H12O3. The summed E-state index contributed by atoms with van der Waals surface area (Å²) in [6.07, 6.45) is 0.523. The maximum absolute atomic E-state index is 11.0. The molecule has 0 aromatic heterocycles. The zero-order valence-corrected chi connectivity index (χ0v) is 9.15. The second-order valence-corrected chi connectivity index (χ2v) is 3.89. The van der Waals surface area contributed by atoms with E-state index < -0.39 is 11.4 Å². The maximum atomic E-state index is 11.0. The molecule has 1 rings (SSSR count). The van der Waals surface area contributed by atoms with E-state index in [0.717, 1.165) is 0 Å². The molecule has 0 spiro atoms. The number of carboxylic acid groups (broad SMARTS) is 1. The fraction of sp³-hybridized carbons (Fsp3) is 0.231. The van der Waals surface area contributed by atoms with Crippen LogP contribution in [0, 0.1) is 11.8 Å². The third-order valence-corrected chi connectivity index (χ3v) is 2.42. The summed E-state index contributed by atoms with van der Waals surface area (Å²) in [5, 5.41) is 9.03.